The lowest BCUT2D eigenvalue weighted by atomic mass is 10.0. The number of morpholine rings is 1. The van der Waals surface area contributed by atoms with Gasteiger partial charge in [-0.2, -0.15) is 0 Å². The maximum Gasteiger partial charge on any atom is 0.107 e. The van der Waals surface area contributed by atoms with E-state index < -0.39 is 0 Å². The van der Waals surface area contributed by atoms with Crippen molar-refractivity contribution < 1.29 is 9.84 Å². The van der Waals surface area contributed by atoms with E-state index in [-0.39, 0.29) is 6.61 Å². The Bertz CT molecular complexity index is 562. The van der Waals surface area contributed by atoms with Gasteiger partial charge in [-0.15, -0.1) is 0 Å². The van der Waals surface area contributed by atoms with Gasteiger partial charge in [0.2, 0.25) is 0 Å². The van der Waals surface area contributed by atoms with Crippen molar-refractivity contribution in [1.82, 2.24) is 0 Å². The number of ether oxygens (including phenoxy) is 1. The summed E-state index contributed by atoms with van der Waals surface area (Å²) in [6.07, 6.45) is 0. The number of benzene rings is 2. The molecule has 1 fully saturated rings. The van der Waals surface area contributed by atoms with E-state index in [9.17, 15) is 5.11 Å². The Hall–Kier alpha value is -1.84. The van der Waals surface area contributed by atoms with Crippen LogP contribution >= 0.6 is 0 Å². The highest BCUT2D eigenvalue weighted by molar-refractivity contribution is 5.79. The second kappa shape index (κ2) is 6.07. The lowest BCUT2D eigenvalue weighted by Crippen LogP contribution is -2.36. The van der Waals surface area contributed by atoms with Crippen molar-refractivity contribution in [2.45, 2.75) is 6.61 Å². The summed E-state index contributed by atoms with van der Waals surface area (Å²) < 4.78 is 5.42. The molecule has 20 heavy (non-hydrogen) atoms. The highest BCUT2D eigenvalue weighted by Gasteiger charge is 2.16. The molecule has 103 valence electrons. The van der Waals surface area contributed by atoms with Crippen LogP contribution in [0.15, 0.2) is 48.5 Å². The normalized spacial score (nSPS) is 15.3. The van der Waals surface area contributed by atoms with Gasteiger partial charge in [0.1, 0.15) is 6.61 Å². The number of hydrogen-bond acceptors (Lipinski definition) is 2. The van der Waals surface area contributed by atoms with E-state index in [0.717, 1.165) is 37.6 Å². The minimum Gasteiger partial charge on any atom is -0.378 e. The first-order valence-corrected chi connectivity index (χ1v) is 6.97. The molecule has 0 atom stereocenters. The lowest BCUT2D eigenvalue weighted by molar-refractivity contribution is 0.122. The molecular formula is C17H18NO2. The minimum absolute atomic E-state index is 0.174. The standard InChI is InChI=1S/C17H18NO2/c19-13-14-6-7-16(15-4-2-1-3-5-15)17(12-14)18-8-10-20-11-9-18/h1-7,12H,8-11,13H2. The van der Waals surface area contributed by atoms with Crippen LogP contribution in [0.1, 0.15) is 5.56 Å². The Kier molecular flexibility index (Phi) is 4.00. The third-order valence-corrected chi connectivity index (χ3v) is 3.67. The fourth-order valence-electron chi connectivity index (χ4n) is 2.59. The topological polar surface area (TPSA) is 32.4 Å². The predicted molar refractivity (Wildman–Crippen MR) is 79.3 cm³/mol. The Morgan fingerprint density at radius 1 is 1.00 bits per heavy atom. The van der Waals surface area contributed by atoms with Crippen molar-refractivity contribution in [3.05, 3.63) is 54.1 Å². The smallest absolute Gasteiger partial charge is 0.107 e. The fourth-order valence-corrected chi connectivity index (χ4v) is 2.59. The van der Waals surface area contributed by atoms with Gasteiger partial charge in [0.15, 0.2) is 0 Å². The van der Waals surface area contributed by atoms with E-state index in [2.05, 4.69) is 23.1 Å². The first-order chi connectivity index (χ1) is 9.88. The number of anilines is 1. The molecule has 0 saturated carbocycles. The van der Waals surface area contributed by atoms with Gasteiger partial charge in [-0.25, -0.2) is 5.11 Å². The molecule has 1 saturated heterocycles. The summed E-state index contributed by atoms with van der Waals surface area (Å²) in [4.78, 5) is 2.31. The molecule has 1 aliphatic heterocycles. The largest absolute Gasteiger partial charge is 0.378 e. The molecule has 3 rings (SSSR count). The van der Waals surface area contributed by atoms with E-state index >= 15 is 0 Å². The van der Waals surface area contributed by atoms with E-state index in [0.29, 0.717) is 0 Å². The second-order valence-corrected chi connectivity index (χ2v) is 4.96. The summed E-state index contributed by atoms with van der Waals surface area (Å²) in [5, 5.41) is 11.2. The molecule has 1 heterocycles. The summed E-state index contributed by atoms with van der Waals surface area (Å²) in [7, 11) is 0. The fraction of sp³-hybridized carbons (Fsp3) is 0.294. The van der Waals surface area contributed by atoms with Crippen LogP contribution in [0, 0.1) is 0 Å². The molecule has 0 aromatic heterocycles. The van der Waals surface area contributed by atoms with Crippen LogP contribution in [0.4, 0.5) is 5.69 Å². The number of rotatable bonds is 3. The first kappa shape index (κ1) is 13.2. The highest BCUT2D eigenvalue weighted by atomic mass is 16.5. The average Bonchev–Trinajstić information content (AvgIpc) is 2.56. The van der Waals surface area contributed by atoms with Crippen LogP contribution in [0.2, 0.25) is 0 Å². The summed E-state index contributed by atoms with van der Waals surface area (Å²) >= 11 is 0. The molecule has 0 amide bonds. The van der Waals surface area contributed by atoms with Gasteiger partial charge in [0.05, 0.1) is 13.2 Å². The zero-order valence-corrected chi connectivity index (χ0v) is 11.4. The van der Waals surface area contributed by atoms with Gasteiger partial charge >= 0.3 is 0 Å². The van der Waals surface area contributed by atoms with E-state index in [4.69, 9.17) is 4.74 Å². The van der Waals surface area contributed by atoms with Crippen LogP contribution in [0.25, 0.3) is 11.1 Å². The minimum atomic E-state index is -0.174. The molecule has 0 bridgehead atoms. The zero-order chi connectivity index (χ0) is 13.8. The van der Waals surface area contributed by atoms with Crippen LogP contribution in [-0.4, -0.2) is 26.3 Å². The molecule has 2 aromatic rings. The molecule has 1 aliphatic rings. The molecule has 3 heteroatoms. The third-order valence-electron chi connectivity index (χ3n) is 3.67. The van der Waals surface area contributed by atoms with E-state index in [1.165, 1.54) is 11.1 Å². The SMILES string of the molecule is [O]Cc1ccc(-c2ccccc2)c(N2CCOCC2)c1. The van der Waals surface area contributed by atoms with Crippen molar-refractivity contribution in [2.24, 2.45) is 0 Å². The van der Waals surface area contributed by atoms with Crippen LogP contribution in [0.3, 0.4) is 0 Å². The molecule has 3 nitrogen and oxygen atoms in total. The van der Waals surface area contributed by atoms with Crippen molar-refractivity contribution in [3.8, 4) is 11.1 Å². The van der Waals surface area contributed by atoms with Crippen molar-refractivity contribution in [1.29, 1.82) is 0 Å². The lowest BCUT2D eigenvalue weighted by Gasteiger charge is -2.31. The monoisotopic (exact) mass is 268 g/mol. The maximum atomic E-state index is 11.2. The van der Waals surface area contributed by atoms with Crippen LogP contribution in [0.5, 0.6) is 0 Å². The molecular weight excluding hydrogens is 250 g/mol. The van der Waals surface area contributed by atoms with Crippen molar-refractivity contribution in [2.75, 3.05) is 31.2 Å². The average molecular weight is 268 g/mol. The van der Waals surface area contributed by atoms with Gasteiger partial charge in [0, 0.05) is 24.3 Å². The number of hydrogen-bond donors (Lipinski definition) is 0. The Morgan fingerprint density at radius 2 is 1.75 bits per heavy atom. The Balaban J connectivity index is 2.04. The van der Waals surface area contributed by atoms with Crippen LogP contribution in [-0.2, 0) is 16.5 Å². The van der Waals surface area contributed by atoms with Gasteiger partial charge in [-0.05, 0) is 17.2 Å². The van der Waals surface area contributed by atoms with Gasteiger partial charge in [0.25, 0.3) is 0 Å². The second-order valence-electron chi connectivity index (χ2n) is 4.96. The van der Waals surface area contributed by atoms with Crippen LogP contribution < -0.4 is 4.90 Å². The van der Waals surface area contributed by atoms with Crippen molar-refractivity contribution in [3.63, 3.8) is 0 Å². The molecule has 2 aromatic carbocycles. The summed E-state index contributed by atoms with van der Waals surface area (Å²) in [6.45, 7) is 3.07. The quantitative estimate of drug-likeness (QED) is 0.856. The summed E-state index contributed by atoms with van der Waals surface area (Å²) in [6, 6.07) is 16.3. The maximum absolute atomic E-state index is 11.2. The molecule has 0 aliphatic carbocycles. The van der Waals surface area contributed by atoms with Gasteiger partial charge in [-0.1, -0.05) is 42.5 Å². The molecule has 0 unspecified atom stereocenters. The van der Waals surface area contributed by atoms with Crippen molar-refractivity contribution >= 4 is 5.69 Å². The first-order valence-electron chi connectivity index (χ1n) is 6.97. The Labute approximate surface area is 119 Å². The van der Waals surface area contributed by atoms with E-state index in [1.807, 2.05) is 30.3 Å². The molecule has 0 N–H and O–H groups in total. The predicted octanol–water partition coefficient (Wildman–Crippen LogP) is 3.12. The van der Waals surface area contributed by atoms with E-state index in [1.54, 1.807) is 0 Å². The third kappa shape index (κ3) is 2.69. The van der Waals surface area contributed by atoms with Gasteiger partial charge in [-0.3, -0.25) is 0 Å². The summed E-state index contributed by atoms with van der Waals surface area (Å²) in [5.74, 6) is 0. The highest BCUT2D eigenvalue weighted by Crippen LogP contribution is 2.32. The molecule has 1 radical (unpaired) electrons. The summed E-state index contributed by atoms with van der Waals surface area (Å²) in [5.41, 5.74) is 4.36. The molecule has 0 spiro atoms. The van der Waals surface area contributed by atoms with Gasteiger partial charge < -0.3 is 9.64 Å². The Morgan fingerprint density at radius 3 is 2.45 bits per heavy atom. The zero-order valence-electron chi connectivity index (χ0n) is 11.4. The number of nitrogens with zero attached hydrogens (tertiary/aromatic N) is 1.